The zero-order valence-corrected chi connectivity index (χ0v) is 15.7. The molecule has 1 aromatic heterocycles. The van der Waals surface area contributed by atoms with Crippen LogP contribution < -0.4 is 5.32 Å². The fourth-order valence-electron chi connectivity index (χ4n) is 2.08. The van der Waals surface area contributed by atoms with E-state index in [-0.39, 0.29) is 11.5 Å². The number of ether oxygens (including phenoxy) is 1. The summed E-state index contributed by atoms with van der Waals surface area (Å²) < 4.78 is 6.53. The molecule has 21 heavy (non-hydrogen) atoms. The molecule has 0 fully saturated rings. The average molecular weight is 358 g/mol. The van der Waals surface area contributed by atoms with E-state index in [2.05, 4.69) is 60.8 Å². The number of hydrogen-bond donors (Lipinski definition) is 1. The van der Waals surface area contributed by atoms with Crippen molar-refractivity contribution in [2.45, 2.75) is 65.4 Å². The molecule has 1 atom stereocenters. The van der Waals surface area contributed by atoms with Gasteiger partial charge < -0.3 is 10.1 Å². The van der Waals surface area contributed by atoms with Crippen LogP contribution in [0.2, 0.25) is 0 Å². The van der Waals surface area contributed by atoms with E-state index in [1.165, 1.54) is 0 Å². The van der Waals surface area contributed by atoms with Crippen molar-refractivity contribution >= 4 is 21.7 Å². The Bertz CT molecular complexity index is 458. The molecule has 0 saturated heterocycles. The summed E-state index contributed by atoms with van der Waals surface area (Å²) in [5.74, 6) is 1.64. The van der Waals surface area contributed by atoms with E-state index >= 15 is 0 Å². The van der Waals surface area contributed by atoms with Crippen LogP contribution in [0.1, 0.15) is 71.5 Å². The van der Waals surface area contributed by atoms with Gasteiger partial charge in [-0.1, -0.05) is 41.0 Å². The smallest absolute Gasteiger partial charge is 0.159 e. The lowest BCUT2D eigenvalue weighted by Crippen LogP contribution is -2.20. The zero-order chi connectivity index (χ0) is 16.0. The number of anilines is 1. The van der Waals surface area contributed by atoms with Crippen molar-refractivity contribution in [3.05, 3.63) is 16.0 Å². The first-order valence-corrected chi connectivity index (χ1v) is 8.49. The fourth-order valence-corrected chi connectivity index (χ4v) is 2.99. The molecule has 1 rings (SSSR count). The van der Waals surface area contributed by atoms with Gasteiger partial charge in [-0.25, -0.2) is 9.97 Å². The van der Waals surface area contributed by atoms with Gasteiger partial charge in [-0.15, -0.1) is 0 Å². The maximum atomic E-state index is 5.58. The Hall–Kier alpha value is -0.680. The SMILES string of the molecule is CCCNc1nc(C(CCC)OC)nc(C(C)(C)C)c1Br. The first-order valence-electron chi connectivity index (χ1n) is 7.69. The molecule has 0 aliphatic carbocycles. The van der Waals surface area contributed by atoms with Gasteiger partial charge in [0.25, 0.3) is 0 Å². The Morgan fingerprint density at radius 2 is 1.86 bits per heavy atom. The number of rotatable bonds is 7. The minimum atomic E-state index is -0.0519. The number of halogens is 1. The Kier molecular flexibility index (Phi) is 7.07. The molecule has 0 aliphatic rings. The minimum Gasteiger partial charge on any atom is -0.373 e. The molecule has 120 valence electrons. The van der Waals surface area contributed by atoms with Crippen LogP contribution in [-0.2, 0) is 10.2 Å². The molecule has 0 aromatic carbocycles. The highest BCUT2D eigenvalue weighted by Gasteiger charge is 2.25. The Morgan fingerprint density at radius 1 is 1.19 bits per heavy atom. The van der Waals surface area contributed by atoms with Crippen LogP contribution in [0, 0.1) is 0 Å². The van der Waals surface area contributed by atoms with Crippen LogP contribution in [0.3, 0.4) is 0 Å². The summed E-state index contributed by atoms with van der Waals surface area (Å²) >= 11 is 3.66. The van der Waals surface area contributed by atoms with Crippen molar-refractivity contribution < 1.29 is 4.74 Å². The van der Waals surface area contributed by atoms with Gasteiger partial charge in [0.1, 0.15) is 11.9 Å². The van der Waals surface area contributed by atoms with Gasteiger partial charge in [-0.3, -0.25) is 0 Å². The van der Waals surface area contributed by atoms with Crippen LogP contribution in [0.15, 0.2) is 4.47 Å². The van der Waals surface area contributed by atoms with Crippen molar-refractivity contribution in [1.29, 1.82) is 0 Å². The van der Waals surface area contributed by atoms with Gasteiger partial charge >= 0.3 is 0 Å². The highest BCUT2D eigenvalue weighted by Crippen LogP contribution is 2.34. The highest BCUT2D eigenvalue weighted by molar-refractivity contribution is 9.10. The van der Waals surface area contributed by atoms with Crippen LogP contribution in [-0.4, -0.2) is 23.6 Å². The van der Waals surface area contributed by atoms with Crippen LogP contribution >= 0.6 is 15.9 Å². The molecule has 1 N–H and O–H groups in total. The Balaban J connectivity index is 3.31. The fraction of sp³-hybridized carbons (Fsp3) is 0.750. The lowest BCUT2D eigenvalue weighted by molar-refractivity contribution is 0.0873. The van der Waals surface area contributed by atoms with Crippen molar-refractivity contribution in [3.63, 3.8) is 0 Å². The van der Waals surface area contributed by atoms with Crippen LogP contribution in [0.25, 0.3) is 0 Å². The molecule has 1 heterocycles. The van der Waals surface area contributed by atoms with E-state index < -0.39 is 0 Å². The van der Waals surface area contributed by atoms with Gasteiger partial charge in [0, 0.05) is 19.1 Å². The standard InChI is InChI=1S/C16H28BrN3O/c1-7-9-11(21-6)14-19-13(16(3,4)5)12(17)15(20-14)18-10-8-2/h11H,7-10H2,1-6H3,(H,18,19,20). The largest absolute Gasteiger partial charge is 0.373 e. The summed E-state index contributed by atoms with van der Waals surface area (Å²) in [5.41, 5.74) is 0.966. The molecule has 0 saturated carbocycles. The van der Waals surface area contributed by atoms with Crippen molar-refractivity contribution in [3.8, 4) is 0 Å². The van der Waals surface area contributed by atoms with Gasteiger partial charge in [-0.05, 0) is 28.8 Å². The lowest BCUT2D eigenvalue weighted by atomic mass is 9.91. The summed E-state index contributed by atoms with van der Waals surface area (Å²) in [6.45, 7) is 11.7. The second-order valence-electron chi connectivity index (χ2n) is 6.28. The molecule has 1 unspecified atom stereocenters. The van der Waals surface area contributed by atoms with E-state index in [0.717, 1.165) is 47.6 Å². The van der Waals surface area contributed by atoms with E-state index in [9.17, 15) is 0 Å². The van der Waals surface area contributed by atoms with Gasteiger partial charge in [0.15, 0.2) is 5.82 Å². The van der Waals surface area contributed by atoms with E-state index in [1.54, 1.807) is 7.11 Å². The number of methoxy groups -OCH3 is 1. The monoisotopic (exact) mass is 357 g/mol. The molecule has 4 nitrogen and oxygen atoms in total. The number of nitrogens with one attached hydrogen (secondary N) is 1. The number of nitrogens with zero attached hydrogens (tertiary/aromatic N) is 2. The highest BCUT2D eigenvalue weighted by atomic mass is 79.9. The second-order valence-corrected chi connectivity index (χ2v) is 7.08. The molecule has 0 radical (unpaired) electrons. The molecule has 0 bridgehead atoms. The molecule has 0 aliphatic heterocycles. The summed E-state index contributed by atoms with van der Waals surface area (Å²) in [7, 11) is 1.72. The minimum absolute atomic E-state index is 0.0497. The maximum absolute atomic E-state index is 5.58. The normalized spacial score (nSPS) is 13.3. The molecule has 0 spiro atoms. The number of aromatic nitrogens is 2. The third-order valence-corrected chi connectivity index (χ3v) is 4.00. The van der Waals surface area contributed by atoms with E-state index in [0.29, 0.717) is 0 Å². The predicted octanol–water partition coefficient (Wildman–Crippen LogP) is 4.85. The molecule has 0 amide bonds. The van der Waals surface area contributed by atoms with E-state index in [4.69, 9.17) is 9.72 Å². The first-order chi connectivity index (χ1) is 9.85. The van der Waals surface area contributed by atoms with Gasteiger partial charge in [0.2, 0.25) is 0 Å². The summed E-state index contributed by atoms with van der Waals surface area (Å²) in [6.07, 6.45) is 2.97. The van der Waals surface area contributed by atoms with Crippen molar-refractivity contribution in [2.75, 3.05) is 19.0 Å². The quantitative estimate of drug-likeness (QED) is 0.757. The Morgan fingerprint density at radius 3 is 2.33 bits per heavy atom. The van der Waals surface area contributed by atoms with Gasteiger partial charge in [0.05, 0.1) is 10.2 Å². The van der Waals surface area contributed by atoms with Crippen molar-refractivity contribution in [2.24, 2.45) is 0 Å². The van der Waals surface area contributed by atoms with Crippen LogP contribution in [0.5, 0.6) is 0 Å². The molecular formula is C16H28BrN3O. The first kappa shape index (κ1) is 18.4. The summed E-state index contributed by atoms with van der Waals surface area (Å²) in [5, 5.41) is 3.38. The van der Waals surface area contributed by atoms with Crippen LogP contribution in [0.4, 0.5) is 5.82 Å². The summed E-state index contributed by atoms with van der Waals surface area (Å²) in [6, 6.07) is 0. The zero-order valence-electron chi connectivity index (χ0n) is 14.1. The van der Waals surface area contributed by atoms with E-state index in [1.807, 2.05) is 0 Å². The average Bonchev–Trinajstić information content (AvgIpc) is 2.42. The third kappa shape index (κ3) is 4.92. The molecule has 1 aromatic rings. The number of hydrogen-bond acceptors (Lipinski definition) is 4. The predicted molar refractivity (Wildman–Crippen MR) is 91.9 cm³/mol. The lowest BCUT2D eigenvalue weighted by Gasteiger charge is -2.24. The molecular weight excluding hydrogens is 330 g/mol. The topological polar surface area (TPSA) is 47.0 Å². The molecule has 5 heteroatoms. The Labute approximate surface area is 137 Å². The van der Waals surface area contributed by atoms with Gasteiger partial charge in [-0.2, -0.15) is 0 Å². The summed E-state index contributed by atoms with van der Waals surface area (Å²) in [4.78, 5) is 9.46. The second kappa shape index (κ2) is 8.08. The van der Waals surface area contributed by atoms with Crippen molar-refractivity contribution in [1.82, 2.24) is 9.97 Å². The third-order valence-electron chi connectivity index (χ3n) is 3.24. The maximum Gasteiger partial charge on any atom is 0.159 e.